The Balaban J connectivity index is 2.70. The lowest BCUT2D eigenvalue weighted by atomic mass is 10.4. The number of alkyl halides is 1. The topological polar surface area (TPSA) is 37.4 Å². The molecule has 5 heteroatoms. The lowest BCUT2D eigenvalue weighted by molar-refractivity contribution is -0.792. The molecule has 1 rings (SSSR count). The van der Waals surface area contributed by atoms with Crippen LogP contribution in [0, 0.1) is 0 Å². The Bertz CT molecular complexity index is 260. The summed E-state index contributed by atoms with van der Waals surface area (Å²) in [5, 5.41) is 0. The number of carbonyl (C=O) groups is 2. The molecule has 2 amide bonds. The summed E-state index contributed by atoms with van der Waals surface area (Å²) in [6.45, 7) is 0.720. The van der Waals surface area contributed by atoms with Gasteiger partial charge < -0.3 is 4.90 Å². The maximum absolute atomic E-state index is 11.9. The molecular weight excluding hydrogens is 295 g/mol. The monoisotopic (exact) mass is 311 g/mol. The average Bonchev–Trinajstić information content (AvgIpc) is 2.47. The summed E-state index contributed by atoms with van der Waals surface area (Å²) >= 11 is 2.05. The molecule has 1 atom stereocenters. The van der Waals surface area contributed by atoms with Crippen LogP contribution in [0.2, 0.25) is 0 Å². The van der Waals surface area contributed by atoms with Crippen LogP contribution in [0.5, 0.6) is 0 Å². The highest BCUT2D eigenvalue weighted by atomic mass is 127. The van der Waals surface area contributed by atoms with E-state index < -0.39 is 0 Å². The Hall–Kier alpha value is -0.170. The van der Waals surface area contributed by atoms with E-state index in [-0.39, 0.29) is 20.3 Å². The smallest absolute Gasteiger partial charge is 0.319 e. The predicted molar refractivity (Wildman–Crippen MR) is 61.8 cm³/mol. The van der Waals surface area contributed by atoms with Crippen molar-refractivity contribution >= 4 is 34.4 Å². The third-order valence-electron chi connectivity index (χ3n) is 2.25. The van der Waals surface area contributed by atoms with Crippen LogP contribution < -0.4 is 0 Å². The SMILES string of the molecule is C[N+](C)(C)C(=O)C(I)N1CCCC1=O. The van der Waals surface area contributed by atoms with E-state index in [0.717, 1.165) is 13.0 Å². The molecule has 0 saturated carbocycles. The molecule has 1 unspecified atom stereocenters. The molecule has 1 aliphatic heterocycles. The summed E-state index contributed by atoms with van der Waals surface area (Å²) in [4.78, 5) is 25.0. The zero-order valence-electron chi connectivity index (χ0n) is 8.79. The number of halogens is 1. The second kappa shape index (κ2) is 4.14. The van der Waals surface area contributed by atoms with E-state index in [1.54, 1.807) is 4.90 Å². The van der Waals surface area contributed by atoms with Crippen LogP contribution in [0.3, 0.4) is 0 Å². The molecular formula is C9H16IN2O2+. The highest BCUT2D eigenvalue weighted by Crippen LogP contribution is 2.20. The first-order valence-corrected chi connectivity index (χ1v) is 5.88. The first kappa shape index (κ1) is 11.9. The molecule has 0 N–H and O–H groups in total. The first-order valence-electron chi connectivity index (χ1n) is 4.63. The fourth-order valence-corrected chi connectivity index (χ4v) is 2.79. The number of nitrogens with zero attached hydrogens (tertiary/aromatic N) is 2. The Kier molecular flexibility index (Phi) is 3.52. The van der Waals surface area contributed by atoms with Gasteiger partial charge in [0.25, 0.3) is 0 Å². The number of likely N-dealkylation sites (N-methyl/N-ethyl adjacent to an activating group) is 1. The number of likely N-dealkylation sites (tertiary alicyclic amines) is 1. The molecule has 4 nitrogen and oxygen atoms in total. The number of amides is 2. The summed E-state index contributed by atoms with van der Waals surface area (Å²) in [5.41, 5.74) is 0. The van der Waals surface area contributed by atoms with Crippen molar-refractivity contribution in [3.8, 4) is 0 Å². The van der Waals surface area contributed by atoms with Crippen molar-refractivity contribution in [3.63, 3.8) is 0 Å². The molecule has 80 valence electrons. The number of hydrogen-bond donors (Lipinski definition) is 0. The Morgan fingerprint density at radius 2 is 2.07 bits per heavy atom. The molecule has 0 aliphatic carbocycles. The maximum atomic E-state index is 11.9. The third kappa shape index (κ3) is 2.44. The van der Waals surface area contributed by atoms with E-state index in [2.05, 4.69) is 22.6 Å². The van der Waals surface area contributed by atoms with Gasteiger partial charge in [-0.05, 0) is 29.0 Å². The predicted octanol–water partition coefficient (Wildman–Crippen LogP) is 0.603. The molecule has 0 spiro atoms. The van der Waals surface area contributed by atoms with Gasteiger partial charge in [-0.2, -0.15) is 0 Å². The van der Waals surface area contributed by atoms with Gasteiger partial charge in [0.15, 0.2) is 4.05 Å². The van der Waals surface area contributed by atoms with Gasteiger partial charge in [-0.15, -0.1) is 0 Å². The van der Waals surface area contributed by atoms with Crippen LogP contribution >= 0.6 is 22.6 Å². The van der Waals surface area contributed by atoms with Crippen LogP contribution in [0.25, 0.3) is 0 Å². The minimum Gasteiger partial charge on any atom is -0.319 e. The highest BCUT2D eigenvalue weighted by Gasteiger charge is 2.37. The first-order chi connectivity index (χ1) is 6.34. The van der Waals surface area contributed by atoms with E-state index in [9.17, 15) is 9.59 Å². The number of carbonyl (C=O) groups excluding carboxylic acids is 2. The summed E-state index contributed by atoms with van der Waals surface area (Å²) < 4.78 is -0.0557. The Labute approximate surface area is 98.0 Å². The van der Waals surface area contributed by atoms with Gasteiger partial charge >= 0.3 is 5.91 Å². The van der Waals surface area contributed by atoms with E-state index in [1.807, 2.05) is 21.1 Å². The van der Waals surface area contributed by atoms with Crippen LogP contribution in [0.1, 0.15) is 12.8 Å². The molecule has 0 aromatic carbocycles. The van der Waals surface area contributed by atoms with Gasteiger partial charge in [-0.25, -0.2) is 4.79 Å². The summed E-state index contributed by atoms with van der Waals surface area (Å²) in [6.07, 6.45) is 1.46. The summed E-state index contributed by atoms with van der Waals surface area (Å²) in [5.74, 6) is 0.173. The van der Waals surface area contributed by atoms with Gasteiger partial charge in [-0.3, -0.25) is 9.28 Å². The zero-order valence-corrected chi connectivity index (χ0v) is 10.9. The van der Waals surface area contributed by atoms with E-state index in [4.69, 9.17) is 0 Å². The summed E-state index contributed by atoms with van der Waals surface area (Å²) in [7, 11) is 5.48. The van der Waals surface area contributed by atoms with Gasteiger partial charge in [0.2, 0.25) is 5.91 Å². The molecule has 0 radical (unpaired) electrons. The fraction of sp³-hybridized carbons (Fsp3) is 0.778. The van der Waals surface area contributed by atoms with Crippen molar-refractivity contribution in [2.24, 2.45) is 0 Å². The molecule has 14 heavy (non-hydrogen) atoms. The number of hydrogen-bond acceptors (Lipinski definition) is 2. The standard InChI is InChI=1S/C9H16IN2O2/c1-12(2,3)9(14)8(10)11-6-4-5-7(11)13/h8H,4-6H2,1-3H3/q+1. The average molecular weight is 311 g/mol. The molecule has 0 bridgehead atoms. The molecule has 1 saturated heterocycles. The molecule has 1 heterocycles. The van der Waals surface area contributed by atoms with E-state index >= 15 is 0 Å². The van der Waals surface area contributed by atoms with E-state index in [0.29, 0.717) is 6.42 Å². The second-order valence-electron chi connectivity index (χ2n) is 4.38. The van der Waals surface area contributed by atoms with Crippen molar-refractivity contribution in [3.05, 3.63) is 0 Å². The highest BCUT2D eigenvalue weighted by molar-refractivity contribution is 14.1. The van der Waals surface area contributed by atoms with Crippen LogP contribution in [-0.4, -0.2) is 52.9 Å². The largest absolute Gasteiger partial charge is 0.345 e. The normalized spacial score (nSPS) is 20.0. The van der Waals surface area contributed by atoms with Crippen molar-refractivity contribution in [1.29, 1.82) is 0 Å². The zero-order chi connectivity index (χ0) is 10.9. The van der Waals surface area contributed by atoms with Crippen molar-refractivity contribution in [1.82, 2.24) is 4.90 Å². The number of quaternary nitrogens is 1. The fourth-order valence-electron chi connectivity index (χ4n) is 1.36. The Morgan fingerprint density at radius 3 is 2.43 bits per heavy atom. The van der Waals surface area contributed by atoms with Crippen LogP contribution in [0.4, 0.5) is 0 Å². The quantitative estimate of drug-likeness (QED) is 0.324. The van der Waals surface area contributed by atoms with Crippen LogP contribution in [-0.2, 0) is 9.59 Å². The molecule has 1 aliphatic rings. The van der Waals surface area contributed by atoms with Crippen molar-refractivity contribution < 1.29 is 14.1 Å². The minimum absolute atomic E-state index is 0.0702. The lowest BCUT2D eigenvalue weighted by Crippen LogP contribution is -2.51. The van der Waals surface area contributed by atoms with E-state index in [1.165, 1.54) is 0 Å². The molecule has 1 fully saturated rings. The van der Waals surface area contributed by atoms with Gasteiger partial charge in [0, 0.05) is 13.0 Å². The molecule has 0 aromatic heterocycles. The second-order valence-corrected chi connectivity index (χ2v) is 5.56. The number of rotatable bonds is 2. The maximum Gasteiger partial charge on any atom is 0.345 e. The van der Waals surface area contributed by atoms with Crippen molar-refractivity contribution in [2.75, 3.05) is 27.7 Å². The van der Waals surface area contributed by atoms with Gasteiger partial charge in [0.05, 0.1) is 21.1 Å². The lowest BCUT2D eigenvalue weighted by Gasteiger charge is -2.28. The third-order valence-corrected chi connectivity index (χ3v) is 3.45. The van der Waals surface area contributed by atoms with Gasteiger partial charge in [-0.1, -0.05) is 0 Å². The van der Waals surface area contributed by atoms with Crippen LogP contribution in [0.15, 0.2) is 0 Å². The minimum atomic E-state index is -0.317. The van der Waals surface area contributed by atoms with Crippen molar-refractivity contribution in [2.45, 2.75) is 16.9 Å². The van der Waals surface area contributed by atoms with Gasteiger partial charge in [0.1, 0.15) is 0 Å². The summed E-state index contributed by atoms with van der Waals surface area (Å²) in [6, 6.07) is 0. The molecule has 0 aromatic rings. The Morgan fingerprint density at radius 1 is 1.50 bits per heavy atom.